The maximum atomic E-state index is 13.2. The fourth-order valence-electron chi connectivity index (χ4n) is 3.86. The molecule has 0 bridgehead atoms. The highest BCUT2D eigenvalue weighted by atomic mass is 16.6. The number of hydrogen-bond donors (Lipinski definition) is 1. The van der Waals surface area contributed by atoms with Crippen molar-refractivity contribution in [3.8, 4) is 0 Å². The summed E-state index contributed by atoms with van der Waals surface area (Å²) in [6, 6.07) is 13.2. The van der Waals surface area contributed by atoms with Crippen LogP contribution in [0.1, 0.15) is 29.5 Å². The number of aryl methyl sites for hydroxylation is 1. The van der Waals surface area contributed by atoms with Gasteiger partial charge in [-0.1, -0.05) is 36.4 Å². The van der Waals surface area contributed by atoms with Gasteiger partial charge in [0.15, 0.2) is 0 Å². The number of imide groups is 1. The van der Waals surface area contributed by atoms with Gasteiger partial charge in [0.25, 0.3) is 11.6 Å². The number of amides is 3. The molecule has 1 atom stereocenters. The molecule has 1 N–H and O–H groups in total. The van der Waals surface area contributed by atoms with Gasteiger partial charge in [-0.05, 0) is 36.0 Å². The van der Waals surface area contributed by atoms with Crippen LogP contribution in [-0.4, -0.2) is 21.8 Å². The van der Waals surface area contributed by atoms with Crippen LogP contribution in [0.15, 0.2) is 48.5 Å². The molecule has 0 unspecified atom stereocenters. The average molecular weight is 351 g/mol. The number of carbonyl (C=O) groups is 2. The lowest BCUT2D eigenvalue weighted by Gasteiger charge is -2.33. The number of nitrogens with one attached hydrogen (secondary N) is 1. The van der Waals surface area contributed by atoms with E-state index in [4.69, 9.17) is 0 Å². The van der Waals surface area contributed by atoms with Crippen LogP contribution in [0.2, 0.25) is 0 Å². The second-order valence-electron chi connectivity index (χ2n) is 6.66. The zero-order chi connectivity index (χ0) is 18.3. The van der Waals surface area contributed by atoms with Gasteiger partial charge in [0, 0.05) is 12.1 Å². The van der Waals surface area contributed by atoms with Gasteiger partial charge >= 0.3 is 6.03 Å². The van der Waals surface area contributed by atoms with Crippen LogP contribution in [-0.2, 0) is 23.3 Å². The van der Waals surface area contributed by atoms with Crippen LogP contribution in [0.25, 0.3) is 0 Å². The molecule has 1 saturated heterocycles. The molecule has 1 spiro atoms. The van der Waals surface area contributed by atoms with Crippen molar-refractivity contribution >= 4 is 17.6 Å². The Morgan fingerprint density at radius 1 is 1.12 bits per heavy atom. The van der Waals surface area contributed by atoms with Crippen molar-refractivity contribution < 1.29 is 14.5 Å². The normalized spacial score (nSPS) is 21.6. The Labute approximate surface area is 149 Å². The predicted molar refractivity (Wildman–Crippen MR) is 93.2 cm³/mol. The van der Waals surface area contributed by atoms with Gasteiger partial charge < -0.3 is 5.32 Å². The Bertz CT molecular complexity index is 909. The first kappa shape index (κ1) is 16.3. The fraction of sp³-hybridized carbons (Fsp3) is 0.263. The summed E-state index contributed by atoms with van der Waals surface area (Å²) < 4.78 is 0. The van der Waals surface area contributed by atoms with E-state index in [1.54, 1.807) is 12.1 Å². The molecule has 0 aromatic heterocycles. The summed E-state index contributed by atoms with van der Waals surface area (Å²) in [5, 5.41) is 13.7. The fourth-order valence-corrected chi connectivity index (χ4v) is 3.86. The third kappa shape index (κ3) is 2.44. The van der Waals surface area contributed by atoms with E-state index in [1.165, 1.54) is 17.0 Å². The molecule has 132 valence electrons. The highest BCUT2D eigenvalue weighted by Crippen LogP contribution is 2.40. The molecule has 26 heavy (non-hydrogen) atoms. The average Bonchev–Trinajstić information content (AvgIpc) is 2.87. The van der Waals surface area contributed by atoms with Gasteiger partial charge in [-0.2, -0.15) is 0 Å². The lowest BCUT2D eigenvalue weighted by Crippen LogP contribution is -2.46. The molecule has 1 heterocycles. The van der Waals surface area contributed by atoms with Crippen LogP contribution in [0, 0.1) is 10.1 Å². The first-order chi connectivity index (χ1) is 12.5. The number of rotatable bonds is 3. The minimum Gasteiger partial charge on any atom is -0.319 e. The topological polar surface area (TPSA) is 92.6 Å². The lowest BCUT2D eigenvalue weighted by molar-refractivity contribution is -0.384. The van der Waals surface area contributed by atoms with E-state index in [-0.39, 0.29) is 18.1 Å². The van der Waals surface area contributed by atoms with Gasteiger partial charge in [-0.3, -0.25) is 19.8 Å². The number of nitrogens with zero attached hydrogens (tertiary/aromatic N) is 2. The number of urea groups is 1. The van der Waals surface area contributed by atoms with Crippen molar-refractivity contribution in [3.63, 3.8) is 0 Å². The van der Waals surface area contributed by atoms with Crippen molar-refractivity contribution in [2.75, 3.05) is 0 Å². The number of nitro benzene ring substituents is 1. The Morgan fingerprint density at radius 2 is 1.85 bits per heavy atom. The number of non-ortho nitro benzene ring substituents is 1. The molecule has 4 rings (SSSR count). The van der Waals surface area contributed by atoms with Crippen LogP contribution in [0.3, 0.4) is 0 Å². The van der Waals surface area contributed by atoms with Gasteiger partial charge in [-0.25, -0.2) is 4.79 Å². The molecular weight excluding hydrogens is 334 g/mol. The molecule has 3 amide bonds. The smallest absolute Gasteiger partial charge is 0.319 e. The molecule has 1 aliphatic heterocycles. The molecule has 2 aromatic carbocycles. The number of fused-ring (bicyclic) bond motifs is 2. The number of hydrogen-bond acceptors (Lipinski definition) is 4. The van der Waals surface area contributed by atoms with Crippen molar-refractivity contribution in [1.29, 1.82) is 0 Å². The van der Waals surface area contributed by atoms with E-state index in [9.17, 15) is 19.7 Å². The highest BCUT2D eigenvalue weighted by Gasteiger charge is 2.53. The summed E-state index contributed by atoms with van der Waals surface area (Å²) in [6.07, 6.45) is 2.29. The van der Waals surface area contributed by atoms with E-state index in [0.717, 1.165) is 24.0 Å². The van der Waals surface area contributed by atoms with Gasteiger partial charge in [0.2, 0.25) is 0 Å². The number of nitro groups is 1. The third-order valence-electron chi connectivity index (χ3n) is 5.14. The molecule has 1 fully saturated rings. The van der Waals surface area contributed by atoms with E-state index in [1.807, 2.05) is 24.3 Å². The summed E-state index contributed by atoms with van der Waals surface area (Å²) in [5.41, 5.74) is 1.61. The molecular formula is C19H17N3O4. The van der Waals surface area contributed by atoms with Crippen LogP contribution in [0.4, 0.5) is 10.5 Å². The summed E-state index contributed by atoms with van der Waals surface area (Å²) in [4.78, 5) is 37.2. The summed E-state index contributed by atoms with van der Waals surface area (Å²) >= 11 is 0. The number of benzene rings is 2. The van der Waals surface area contributed by atoms with E-state index >= 15 is 0 Å². The first-order valence-corrected chi connectivity index (χ1v) is 8.47. The van der Waals surface area contributed by atoms with Crippen LogP contribution in [0.5, 0.6) is 0 Å². The Hall–Kier alpha value is -3.22. The maximum Gasteiger partial charge on any atom is 0.325 e. The van der Waals surface area contributed by atoms with E-state index in [2.05, 4.69) is 5.32 Å². The van der Waals surface area contributed by atoms with E-state index < -0.39 is 16.5 Å². The summed E-state index contributed by atoms with van der Waals surface area (Å²) in [7, 11) is 0. The summed E-state index contributed by atoms with van der Waals surface area (Å²) in [6.45, 7) is 0.0899. The van der Waals surface area contributed by atoms with Crippen LogP contribution >= 0.6 is 0 Å². The molecule has 1 aliphatic carbocycles. The molecule has 0 radical (unpaired) electrons. The van der Waals surface area contributed by atoms with Crippen molar-refractivity contribution in [3.05, 3.63) is 75.3 Å². The SMILES string of the molecule is O=C1N[C@@]2(CCCc3ccccc32)C(=O)N1Cc1ccc([N+](=O)[O-])cc1. The van der Waals surface area contributed by atoms with Crippen molar-refractivity contribution in [2.24, 2.45) is 0 Å². The Balaban J connectivity index is 1.63. The minimum atomic E-state index is -0.993. The van der Waals surface area contributed by atoms with Crippen LogP contribution < -0.4 is 5.32 Å². The molecule has 7 nitrogen and oxygen atoms in total. The van der Waals surface area contributed by atoms with Gasteiger partial charge in [0.05, 0.1) is 11.5 Å². The first-order valence-electron chi connectivity index (χ1n) is 8.47. The monoisotopic (exact) mass is 351 g/mol. The molecule has 0 saturated carbocycles. The molecule has 7 heteroatoms. The summed E-state index contributed by atoms with van der Waals surface area (Å²) in [5.74, 6) is -0.256. The number of carbonyl (C=O) groups excluding carboxylic acids is 2. The quantitative estimate of drug-likeness (QED) is 0.523. The zero-order valence-corrected chi connectivity index (χ0v) is 14.0. The maximum absolute atomic E-state index is 13.2. The van der Waals surface area contributed by atoms with Gasteiger partial charge in [0.1, 0.15) is 5.54 Å². The molecule has 2 aliphatic rings. The molecule has 2 aromatic rings. The standard InChI is InChI=1S/C19H17N3O4/c23-17-19(11-3-5-14-4-1-2-6-16(14)19)20-18(24)21(17)12-13-7-9-15(10-8-13)22(25)26/h1-2,4,6-10H,3,5,11-12H2,(H,20,24)/t19-/m1/s1. The Morgan fingerprint density at radius 3 is 2.58 bits per heavy atom. The van der Waals surface area contributed by atoms with Gasteiger partial charge in [-0.15, -0.1) is 0 Å². The largest absolute Gasteiger partial charge is 0.325 e. The zero-order valence-electron chi connectivity index (χ0n) is 14.0. The second-order valence-corrected chi connectivity index (χ2v) is 6.66. The van der Waals surface area contributed by atoms with Crippen molar-refractivity contribution in [1.82, 2.24) is 10.2 Å². The van der Waals surface area contributed by atoms with E-state index in [0.29, 0.717) is 12.0 Å². The Kier molecular flexibility index (Phi) is 3.72. The second kappa shape index (κ2) is 5.94. The third-order valence-corrected chi connectivity index (χ3v) is 5.14. The van der Waals surface area contributed by atoms with Crippen molar-refractivity contribution in [2.45, 2.75) is 31.3 Å². The lowest BCUT2D eigenvalue weighted by atomic mass is 9.76. The predicted octanol–water partition coefficient (Wildman–Crippen LogP) is 2.88. The minimum absolute atomic E-state index is 0.0244. The highest BCUT2D eigenvalue weighted by molar-refractivity contribution is 6.07.